The molecule has 3 heterocycles. The molecule has 2 aliphatic rings. The smallest absolute Gasteiger partial charge is 0.303 e. The lowest BCUT2D eigenvalue weighted by molar-refractivity contribution is -0.138. The summed E-state index contributed by atoms with van der Waals surface area (Å²) in [6.07, 6.45) is 8.74. The topological polar surface area (TPSA) is 109 Å². The first-order chi connectivity index (χ1) is 16.0. The number of rotatable bonds is 7. The van der Waals surface area contributed by atoms with Crippen molar-refractivity contribution in [2.24, 2.45) is 5.73 Å². The number of aryl methyl sites for hydroxylation is 2. The Labute approximate surface area is 197 Å². The molecule has 0 atom stereocenters. The van der Waals surface area contributed by atoms with E-state index >= 15 is 0 Å². The molecule has 7 nitrogen and oxygen atoms in total. The summed E-state index contributed by atoms with van der Waals surface area (Å²) in [4.78, 5) is 26.9. The number of carbonyl (C=O) groups excluding carboxylic acids is 1. The van der Waals surface area contributed by atoms with Gasteiger partial charge in [-0.1, -0.05) is 48.9 Å². The number of anilines is 1. The van der Waals surface area contributed by atoms with Crippen LogP contribution in [-0.4, -0.2) is 53.0 Å². The molecule has 0 radical (unpaired) electrons. The Hall–Kier alpha value is -2.93. The molecule has 2 aliphatic heterocycles. The molecule has 4 rings (SSSR count). The van der Waals surface area contributed by atoms with Crippen molar-refractivity contribution in [2.75, 3.05) is 31.5 Å². The van der Waals surface area contributed by atoms with Crippen LogP contribution >= 0.6 is 0 Å². The molecule has 2 aromatic rings. The van der Waals surface area contributed by atoms with E-state index < -0.39 is 11.9 Å². The number of likely N-dealkylation sites (tertiary alicyclic amines) is 1. The van der Waals surface area contributed by atoms with Crippen molar-refractivity contribution < 1.29 is 14.7 Å². The number of aliphatic carboxylic acids is 1. The Balaban J connectivity index is 0.000000227. The van der Waals surface area contributed by atoms with E-state index in [1.54, 1.807) is 0 Å². The number of aromatic nitrogens is 1. The van der Waals surface area contributed by atoms with E-state index in [0.717, 1.165) is 18.8 Å². The number of carboxylic acid groups (broad SMARTS) is 1. The number of hydrogen-bond donors (Lipinski definition) is 3. The Kier molecular flexibility index (Phi) is 12.6. The number of fused-ring (bicyclic) bond motifs is 1. The average molecular weight is 455 g/mol. The summed E-state index contributed by atoms with van der Waals surface area (Å²) in [5.41, 5.74) is 7.29. The van der Waals surface area contributed by atoms with E-state index in [4.69, 9.17) is 10.1 Å². The van der Waals surface area contributed by atoms with Crippen molar-refractivity contribution in [3.05, 3.63) is 59.8 Å². The van der Waals surface area contributed by atoms with Gasteiger partial charge in [0.05, 0.1) is 6.42 Å². The predicted molar refractivity (Wildman–Crippen MR) is 132 cm³/mol. The zero-order chi connectivity index (χ0) is 23.7. The van der Waals surface area contributed by atoms with E-state index in [-0.39, 0.29) is 12.8 Å². The third-order valence-corrected chi connectivity index (χ3v) is 5.56. The lowest BCUT2D eigenvalue weighted by Gasteiger charge is -2.26. The summed E-state index contributed by atoms with van der Waals surface area (Å²) in [5.74, 6) is -0.432. The monoisotopic (exact) mass is 454 g/mol. The van der Waals surface area contributed by atoms with E-state index in [1.165, 1.54) is 69.4 Å². The first-order valence-corrected chi connectivity index (χ1v) is 12.0. The summed E-state index contributed by atoms with van der Waals surface area (Å²) in [7, 11) is 0. The zero-order valence-electron chi connectivity index (χ0n) is 19.5. The zero-order valence-corrected chi connectivity index (χ0v) is 19.5. The first kappa shape index (κ1) is 26.3. The highest BCUT2D eigenvalue weighted by molar-refractivity contribution is 5.79. The van der Waals surface area contributed by atoms with Crippen LogP contribution in [-0.2, 0) is 22.4 Å². The fraction of sp³-hybridized carbons (Fsp3) is 0.500. The van der Waals surface area contributed by atoms with Gasteiger partial charge in [0.25, 0.3) is 0 Å². The normalized spacial score (nSPS) is 14.9. The number of amides is 1. The van der Waals surface area contributed by atoms with Gasteiger partial charge < -0.3 is 21.1 Å². The van der Waals surface area contributed by atoms with Gasteiger partial charge in [-0.05, 0) is 69.8 Å². The van der Waals surface area contributed by atoms with E-state index in [9.17, 15) is 9.59 Å². The maximum absolute atomic E-state index is 9.86. The number of pyridine rings is 1. The number of benzene rings is 1. The summed E-state index contributed by atoms with van der Waals surface area (Å²) in [6.45, 7) is 4.93. The number of carbonyl (C=O) groups is 2. The van der Waals surface area contributed by atoms with Gasteiger partial charge in [-0.25, -0.2) is 4.98 Å². The van der Waals surface area contributed by atoms with Crippen LogP contribution in [0.15, 0.2) is 48.5 Å². The van der Waals surface area contributed by atoms with Crippen molar-refractivity contribution in [3.8, 4) is 0 Å². The summed E-state index contributed by atoms with van der Waals surface area (Å²) >= 11 is 0. The SMILES string of the molecule is NC(=O)CCC(=O)O.c1cc2c(nc1CCCN1CCCCC1)NCCC2.c1ccccc1. The molecule has 1 aromatic carbocycles. The number of nitrogens with one attached hydrogen (secondary N) is 1. The van der Waals surface area contributed by atoms with E-state index in [0.29, 0.717) is 0 Å². The lowest BCUT2D eigenvalue weighted by Crippen LogP contribution is -2.30. The Bertz CT molecular complexity index is 783. The molecule has 0 unspecified atom stereocenters. The van der Waals surface area contributed by atoms with Gasteiger partial charge in [0, 0.05) is 18.7 Å². The molecule has 4 N–H and O–H groups in total. The van der Waals surface area contributed by atoms with Crippen molar-refractivity contribution in [3.63, 3.8) is 0 Å². The predicted octanol–water partition coefficient (Wildman–Crippen LogP) is 3.88. The minimum absolute atomic E-state index is 0.0741. The molecular formula is C26H38N4O3. The molecule has 0 saturated carbocycles. The van der Waals surface area contributed by atoms with Crippen LogP contribution < -0.4 is 11.1 Å². The van der Waals surface area contributed by atoms with Gasteiger partial charge in [-0.2, -0.15) is 0 Å². The lowest BCUT2D eigenvalue weighted by atomic mass is 10.1. The molecule has 1 aromatic heterocycles. The second-order valence-electron chi connectivity index (χ2n) is 8.36. The second-order valence-corrected chi connectivity index (χ2v) is 8.36. The molecule has 33 heavy (non-hydrogen) atoms. The molecular weight excluding hydrogens is 416 g/mol. The largest absolute Gasteiger partial charge is 0.481 e. The molecule has 0 bridgehead atoms. The van der Waals surface area contributed by atoms with E-state index in [1.807, 2.05) is 36.4 Å². The van der Waals surface area contributed by atoms with Crippen molar-refractivity contribution in [2.45, 2.75) is 57.8 Å². The van der Waals surface area contributed by atoms with Crippen LogP contribution in [0.3, 0.4) is 0 Å². The minimum atomic E-state index is -0.996. The van der Waals surface area contributed by atoms with Crippen molar-refractivity contribution >= 4 is 17.7 Å². The van der Waals surface area contributed by atoms with Crippen LogP contribution in [0.2, 0.25) is 0 Å². The molecule has 0 spiro atoms. The van der Waals surface area contributed by atoms with Gasteiger partial charge in [0.1, 0.15) is 5.82 Å². The van der Waals surface area contributed by atoms with Gasteiger partial charge in [-0.3, -0.25) is 9.59 Å². The maximum Gasteiger partial charge on any atom is 0.303 e. The summed E-state index contributed by atoms with van der Waals surface area (Å²) in [5, 5.41) is 11.4. The minimum Gasteiger partial charge on any atom is -0.481 e. The third-order valence-electron chi connectivity index (χ3n) is 5.56. The van der Waals surface area contributed by atoms with Crippen molar-refractivity contribution in [1.82, 2.24) is 9.88 Å². The average Bonchev–Trinajstić information content (AvgIpc) is 2.85. The fourth-order valence-electron chi connectivity index (χ4n) is 3.79. The highest BCUT2D eigenvalue weighted by atomic mass is 16.4. The number of primary amides is 1. The number of hydrogen-bond acceptors (Lipinski definition) is 5. The summed E-state index contributed by atoms with van der Waals surface area (Å²) in [6, 6.07) is 16.5. The molecule has 1 amide bonds. The van der Waals surface area contributed by atoms with Crippen LogP contribution in [0.5, 0.6) is 0 Å². The quantitative estimate of drug-likeness (QED) is 0.586. The third kappa shape index (κ3) is 12.0. The Morgan fingerprint density at radius 2 is 1.64 bits per heavy atom. The van der Waals surface area contributed by atoms with Crippen LogP contribution in [0, 0.1) is 0 Å². The number of carboxylic acids is 1. The number of nitrogens with zero attached hydrogens (tertiary/aromatic N) is 2. The highest BCUT2D eigenvalue weighted by Gasteiger charge is 2.12. The van der Waals surface area contributed by atoms with Gasteiger partial charge in [-0.15, -0.1) is 0 Å². The van der Waals surface area contributed by atoms with E-state index in [2.05, 4.69) is 28.1 Å². The standard InChI is InChI=1S/C16H25N3.C6H6.C4H7NO3/c1-2-11-19(12-3-1)13-5-7-15-9-8-14-6-4-10-17-16(14)18-15;1-2-4-6-5-3-1;5-3(6)1-2-4(7)8/h8-9H,1-7,10-13H2,(H,17,18);1-6H;1-2H2,(H2,5,6)(H,7,8). The van der Waals surface area contributed by atoms with Gasteiger partial charge >= 0.3 is 5.97 Å². The Morgan fingerprint density at radius 3 is 2.21 bits per heavy atom. The fourth-order valence-corrected chi connectivity index (χ4v) is 3.79. The highest BCUT2D eigenvalue weighted by Crippen LogP contribution is 2.20. The van der Waals surface area contributed by atoms with Crippen molar-refractivity contribution in [1.29, 1.82) is 0 Å². The number of piperidine rings is 1. The first-order valence-electron chi connectivity index (χ1n) is 12.0. The second kappa shape index (κ2) is 15.8. The van der Waals surface area contributed by atoms with Crippen LogP contribution in [0.4, 0.5) is 5.82 Å². The maximum atomic E-state index is 9.86. The Morgan fingerprint density at radius 1 is 0.970 bits per heavy atom. The molecule has 0 aliphatic carbocycles. The molecule has 1 fully saturated rings. The summed E-state index contributed by atoms with van der Waals surface area (Å²) < 4.78 is 0. The number of nitrogens with two attached hydrogens (primary N) is 1. The van der Waals surface area contributed by atoms with Gasteiger partial charge in [0.2, 0.25) is 5.91 Å². The molecule has 7 heteroatoms. The molecule has 1 saturated heterocycles. The van der Waals surface area contributed by atoms with Crippen LogP contribution in [0.25, 0.3) is 0 Å². The van der Waals surface area contributed by atoms with Crippen LogP contribution in [0.1, 0.15) is 56.2 Å². The molecule has 180 valence electrons. The van der Waals surface area contributed by atoms with Gasteiger partial charge in [0.15, 0.2) is 0 Å².